The molecule has 6 rings (SSSR count). The van der Waals surface area contributed by atoms with Gasteiger partial charge in [0.1, 0.15) is 22.9 Å². The molecule has 2 heterocycles. The molecule has 4 aromatic carbocycles. The largest absolute Gasteiger partial charge is 0.493 e. The van der Waals surface area contributed by atoms with Crippen LogP contribution in [0.4, 0.5) is 46.8 Å². The topological polar surface area (TPSA) is 373 Å². The zero-order valence-corrected chi connectivity index (χ0v) is 57.4. The Hall–Kier alpha value is -10.3. The Morgan fingerprint density at radius 3 is 0.979 bits per heavy atom. The molecule has 0 aliphatic rings. The second-order valence-corrected chi connectivity index (χ2v) is 20.3. The fourth-order valence-corrected chi connectivity index (χ4v) is 10.9. The third-order valence-electron chi connectivity index (χ3n) is 15.7. The van der Waals surface area contributed by atoms with Crippen LogP contribution in [-0.2, 0) is 6.42 Å². The molecule has 2 aromatic heterocycles. The van der Waals surface area contributed by atoms with Gasteiger partial charge in [-0.05, 0) is 61.5 Å². The molecule has 0 unspecified atom stereocenters. The van der Waals surface area contributed by atoms with Crippen molar-refractivity contribution in [2.75, 3.05) is 127 Å². The van der Waals surface area contributed by atoms with Gasteiger partial charge in [0.2, 0.25) is 40.8 Å². The van der Waals surface area contributed by atoms with E-state index in [2.05, 4.69) is 25.9 Å². The van der Waals surface area contributed by atoms with Gasteiger partial charge in [-0.1, -0.05) is 14.8 Å². The summed E-state index contributed by atoms with van der Waals surface area (Å²) < 4.78 is 77.8. The van der Waals surface area contributed by atoms with Crippen molar-refractivity contribution in [2.45, 2.75) is 88.7 Å². The summed E-state index contributed by atoms with van der Waals surface area (Å²) in [5, 5.41) is 49.5. The van der Waals surface area contributed by atoms with Crippen LogP contribution in [-0.4, -0.2) is 198 Å². The molecule has 0 bridgehead atoms. The summed E-state index contributed by atoms with van der Waals surface area (Å²) in [7, 11) is 19.1. The highest BCUT2D eigenvalue weighted by atomic mass is 16.6. The third-order valence-corrected chi connectivity index (χ3v) is 15.7. The Morgan fingerprint density at radius 2 is 0.713 bits per heavy atom. The van der Waals surface area contributed by atoms with E-state index in [1.807, 2.05) is 55.4 Å². The monoisotopic (exact) mass is 1320 g/mol. The molecule has 0 spiro atoms. The predicted octanol–water partition coefficient (Wildman–Crippen LogP) is 10.2. The number of carboxylic acids is 4. The van der Waals surface area contributed by atoms with Gasteiger partial charge in [-0.2, -0.15) is 15.0 Å². The van der Waals surface area contributed by atoms with Gasteiger partial charge in [0.05, 0.1) is 146 Å². The minimum absolute atomic E-state index is 0.00260. The van der Waals surface area contributed by atoms with E-state index in [4.69, 9.17) is 79.5 Å². The number of carbonyl (C=O) groups is 4. The molecule has 0 aliphatic heterocycles. The van der Waals surface area contributed by atoms with E-state index in [0.717, 1.165) is 0 Å². The zero-order valence-electron chi connectivity index (χ0n) is 59.4. The fraction of sp³-hybridized carbons (Fsp3) is 0.460. The van der Waals surface area contributed by atoms with Gasteiger partial charge in [0.25, 0.3) is 0 Å². The maximum Gasteiger partial charge on any atom is 0.338 e. The van der Waals surface area contributed by atoms with E-state index >= 15 is 0 Å². The molecule has 0 fully saturated rings. The second-order valence-electron chi connectivity index (χ2n) is 20.3. The third kappa shape index (κ3) is 15.4. The number of aromatic nitrogens is 6. The van der Waals surface area contributed by atoms with E-state index in [0.29, 0.717) is 42.6 Å². The fourth-order valence-electron chi connectivity index (χ4n) is 10.9. The van der Waals surface area contributed by atoms with Crippen molar-refractivity contribution in [3.63, 3.8) is 0 Å². The molecule has 94 heavy (non-hydrogen) atoms. The van der Waals surface area contributed by atoms with Gasteiger partial charge >= 0.3 is 35.8 Å². The highest BCUT2D eigenvalue weighted by Gasteiger charge is 2.41. The molecule has 31 heteroatoms. The maximum absolute atomic E-state index is 12.4. The summed E-state index contributed by atoms with van der Waals surface area (Å²) in [5.41, 5.74) is -0.488. The minimum Gasteiger partial charge on any atom is -0.493 e. The molecular formula is C63H91N11O20+2. The first kappa shape index (κ1) is 74.4. The van der Waals surface area contributed by atoms with Crippen molar-refractivity contribution in [3.8, 4) is 69.0 Å². The Morgan fingerprint density at radius 1 is 0.426 bits per heavy atom. The van der Waals surface area contributed by atoms with Gasteiger partial charge in [-0.15, -0.1) is 15.0 Å². The van der Waals surface area contributed by atoms with E-state index in [1.165, 1.54) is 124 Å². The number of nitrogens with one attached hydrogen (secondary N) is 3. The summed E-state index contributed by atoms with van der Waals surface area (Å²) in [6.07, 6.45) is -0.110. The quantitative estimate of drug-likeness (QED) is 0.0193. The van der Waals surface area contributed by atoms with Crippen molar-refractivity contribution in [1.29, 1.82) is 0 Å². The lowest BCUT2D eigenvalue weighted by Crippen LogP contribution is -2.60. The van der Waals surface area contributed by atoms with E-state index in [-0.39, 0.29) is 161 Å². The van der Waals surface area contributed by atoms with Crippen LogP contribution in [0.25, 0.3) is 0 Å². The van der Waals surface area contributed by atoms with Crippen LogP contribution in [0.5, 0.6) is 69.0 Å². The molecular weight excluding hydrogens is 1230 g/mol. The van der Waals surface area contributed by atoms with Crippen molar-refractivity contribution < 1.29 is 99.2 Å². The van der Waals surface area contributed by atoms with Gasteiger partial charge < -0.3 is 93.2 Å². The molecule has 0 saturated heterocycles. The first-order valence-corrected chi connectivity index (χ1v) is 28.6. The lowest BCUT2D eigenvalue weighted by Gasteiger charge is -2.42. The lowest BCUT2D eigenvalue weighted by molar-refractivity contribution is 0.0684. The summed E-state index contributed by atoms with van der Waals surface area (Å²) >= 11 is 0. The van der Waals surface area contributed by atoms with E-state index in [1.54, 1.807) is 0 Å². The number of ether oxygens (including phenoxy) is 12. The summed E-state index contributed by atoms with van der Waals surface area (Å²) in [6.45, 7) is 18.6. The molecule has 6 aromatic rings. The maximum atomic E-state index is 12.4. The lowest BCUT2D eigenvalue weighted by atomic mass is 10.0. The van der Waals surface area contributed by atoms with Crippen LogP contribution in [0, 0.1) is 0 Å². The van der Waals surface area contributed by atoms with E-state index in [9.17, 15) is 39.6 Å². The molecule has 7 N–H and O–H groups in total. The highest BCUT2D eigenvalue weighted by molar-refractivity contribution is 6.01. The number of hydrogen-bond acceptors (Lipinski definition) is 25. The molecule has 516 valence electrons. The number of rotatable bonds is 32. The number of benzene rings is 4. The van der Waals surface area contributed by atoms with Gasteiger partial charge in [-0.25, -0.2) is 19.2 Å². The van der Waals surface area contributed by atoms with Crippen LogP contribution in [0.3, 0.4) is 0 Å². The Labute approximate surface area is 550 Å². The zero-order chi connectivity index (χ0) is 72.7. The average molecular weight is 1330 g/mol. The predicted molar refractivity (Wildman–Crippen MR) is 354 cm³/mol. The molecule has 0 aliphatic carbocycles. The Balaban J connectivity index is 0.000000476. The first-order valence-electron chi connectivity index (χ1n) is 30.6. The Bertz CT molecular complexity index is 3450. The number of carboxylic acid groups (broad SMARTS) is 4. The van der Waals surface area contributed by atoms with Gasteiger partial charge in [0, 0.05) is 32.9 Å². The van der Waals surface area contributed by atoms with Gasteiger partial charge in [0.15, 0.2) is 46.0 Å². The number of hydrogen-bond donors (Lipinski definition) is 7. The number of aromatic carboxylic acids is 4. The van der Waals surface area contributed by atoms with Crippen LogP contribution in [0.2, 0.25) is 0 Å². The molecule has 31 nitrogen and oxygen atoms in total. The standard InChI is InChI=1S/C31H42N6O10.C30H39N5O10.2CH4/c1-12-37(15(2)3,16(4)5)31-35-29(32-21-17(27(38)39)13-19(42-6)23(44-8)25(21)46-10)34-30(36-31)33-22-18(28(40)41)14-20(43-7)24(45-9)26(22)47-11;1-10-35(11-2,12-3)30-32-21(15-16-17(27(36)37)13-19(40-4)24(43-7)23(16)42-6)31-29(34-30)33-22-18(28(38)39)14-20(41-5)25(44-8)26(22)45-9;;/h13-16H,12H2,1-11H3,(H3-,32,33,34,35,36,38,39,40,41);13-14H,10-12,15H2,1-9H3,(H2-,31,32,33,34,36,37,38,39);2*1H4/p+2/i;;1T;1D. The van der Waals surface area contributed by atoms with Crippen LogP contribution in [0.1, 0.15) is 126 Å². The molecule has 0 amide bonds. The SMILES string of the molecule is CC[N+](CC)(CC)c1nc(Cc2c(C(=O)O)cc(OC)c(OC)c2OC)nc(Nc2c(C(=O)O)cc(OC)c(OC)c2OC)n1.CC[N+](c1nc(Nc2c(C(=O)O)cc(OC)c(OC)c2OC)nc(Nc2c(C(=O)O)cc(OC)c(OC)c2OC)n1)(C(C)C)C(C)C.[2H]C.[3H]C. The number of nitrogens with zero attached hydrogens (tertiary/aromatic N) is 8. The average Bonchev–Trinajstić information content (AvgIpc) is 0.801. The number of anilines is 6. The number of quaternary nitrogens is 2. The van der Waals surface area contributed by atoms with Crippen LogP contribution in [0.15, 0.2) is 24.3 Å². The first-order chi connectivity index (χ1) is 45.8. The second kappa shape index (κ2) is 33.9. The van der Waals surface area contributed by atoms with Crippen LogP contribution < -0.4 is 81.8 Å². The molecule has 0 atom stereocenters. The van der Waals surface area contributed by atoms with Crippen molar-refractivity contribution in [2.24, 2.45) is 0 Å². The minimum atomic E-state index is -1.29. The summed E-state index contributed by atoms with van der Waals surface area (Å²) in [6, 6.07) is 5.19. The van der Waals surface area contributed by atoms with Crippen molar-refractivity contribution in [3.05, 3.63) is 57.9 Å². The van der Waals surface area contributed by atoms with Crippen molar-refractivity contribution >= 4 is 70.7 Å². The van der Waals surface area contributed by atoms with Crippen LogP contribution >= 0.6 is 0 Å². The molecule has 0 radical (unpaired) electrons. The summed E-state index contributed by atoms with van der Waals surface area (Å²) in [4.78, 5) is 77.8. The smallest absolute Gasteiger partial charge is 0.338 e. The normalized spacial score (nSPS) is 11.1. The summed E-state index contributed by atoms with van der Waals surface area (Å²) in [5.74, 6) is -2.84. The van der Waals surface area contributed by atoms with Crippen molar-refractivity contribution in [1.82, 2.24) is 38.9 Å². The molecule has 0 saturated carbocycles. The highest BCUT2D eigenvalue weighted by Crippen LogP contribution is 2.50. The van der Waals surface area contributed by atoms with Gasteiger partial charge in [-0.3, -0.25) is 8.97 Å². The van der Waals surface area contributed by atoms with E-state index < -0.39 is 23.9 Å². The Kier molecular flexibility index (Phi) is 26.8. The number of methoxy groups -OCH3 is 12.